The van der Waals surface area contributed by atoms with Crippen molar-refractivity contribution in [2.75, 3.05) is 13.2 Å². The van der Waals surface area contributed by atoms with Crippen molar-refractivity contribution in [3.8, 4) is 0 Å². The highest BCUT2D eigenvalue weighted by molar-refractivity contribution is 5.90. The number of aliphatic hydroxyl groups is 1. The van der Waals surface area contributed by atoms with E-state index in [0.29, 0.717) is 25.1 Å². The Morgan fingerprint density at radius 1 is 1.29 bits per heavy atom. The van der Waals surface area contributed by atoms with Crippen molar-refractivity contribution in [2.45, 2.75) is 51.2 Å². The lowest BCUT2D eigenvalue weighted by atomic mass is 9.84. The SMILES string of the molecule is CC=Cc1ccc2n(c1=O)C[C@H]1[C@H](CO)[C@@H](C(=O)NCCc3cn(C)cn3)N(C(=O)C3CCC3)[C@@H]21. The number of hydrogen-bond donors (Lipinski definition) is 2. The molecule has 0 aromatic carbocycles. The van der Waals surface area contributed by atoms with E-state index in [0.717, 1.165) is 30.7 Å². The van der Waals surface area contributed by atoms with Crippen LogP contribution in [0.15, 0.2) is 35.5 Å². The second-order valence-electron chi connectivity index (χ2n) is 9.97. The van der Waals surface area contributed by atoms with Gasteiger partial charge < -0.3 is 24.5 Å². The third-order valence-corrected chi connectivity index (χ3v) is 7.87. The second kappa shape index (κ2) is 9.45. The molecular formula is C26H33N5O4. The van der Waals surface area contributed by atoms with E-state index in [-0.39, 0.29) is 41.9 Å². The maximum atomic E-state index is 13.7. The van der Waals surface area contributed by atoms with E-state index in [1.807, 2.05) is 36.9 Å². The first-order valence-electron chi connectivity index (χ1n) is 12.5. The van der Waals surface area contributed by atoms with Gasteiger partial charge in [0.1, 0.15) is 6.04 Å². The molecule has 2 fully saturated rings. The van der Waals surface area contributed by atoms with Crippen LogP contribution >= 0.6 is 0 Å². The zero-order chi connectivity index (χ0) is 24.7. The monoisotopic (exact) mass is 479 g/mol. The van der Waals surface area contributed by atoms with Crippen LogP contribution in [0.1, 0.15) is 49.2 Å². The molecule has 4 atom stereocenters. The van der Waals surface area contributed by atoms with Crippen LogP contribution in [0.4, 0.5) is 0 Å². The van der Waals surface area contributed by atoms with Gasteiger partial charge in [0.2, 0.25) is 11.8 Å². The predicted molar refractivity (Wildman–Crippen MR) is 130 cm³/mol. The summed E-state index contributed by atoms with van der Waals surface area (Å²) in [7, 11) is 1.90. The summed E-state index contributed by atoms with van der Waals surface area (Å²) in [4.78, 5) is 46.3. The molecule has 2 aromatic heterocycles. The average molecular weight is 480 g/mol. The lowest BCUT2D eigenvalue weighted by molar-refractivity contribution is -0.147. The molecule has 1 saturated heterocycles. The second-order valence-corrected chi connectivity index (χ2v) is 9.97. The molecule has 9 heteroatoms. The van der Waals surface area contributed by atoms with Gasteiger partial charge in [0, 0.05) is 68.4 Å². The molecule has 2 aliphatic heterocycles. The van der Waals surface area contributed by atoms with Crippen LogP contribution in [-0.4, -0.2) is 55.1 Å². The first-order valence-corrected chi connectivity index (χ1v) is 12.5. The Balaban J connectivity index is 1.45. The number of aryl methyl sites for hydroxylation is 1. The van der Waals surface area contributed by atoms with Gasteiger partial charge in [0.25, 0.3) is 5.56 Å². The van der Waals surface area contributed by atoms with Gasteiger partial charge in [-0.25, -0.2) is 4.98 Å². The van der Waals surface area contributed by atoms with Gasteiger partial charge in [0.15, 0.2) is 0 Å². The summed E-state index contributed by atoms with van der Waals surface area (Å²) in [5.74, 6) is -1.01. The molecule has 0 unspecified atom stereocenters. The number of rotatable bonds is 7. The predicted octanol–water partition coefficient (Wildman–Crippen LogP) is 1.26. The largest absolute Gasteiger partial charge is 0.396 e. The minimum Gasteiger partial charge on any atom is -0.396 e. The van der Waals surface area contributed by atoms with Crippen LogP contribution in [0.2, 0.25) is 0 Å². The fourth-order valence-corrected chi connectivity index (χ4v) is 5.93. The summed E-state index contributed by atoms with van der Waals surface area (Å²) < 4.78 is 3.58. The molecule has 186 valence electrons. The standard InChI is InChI=1S/C26H33N5O4/c1-3-5-16-8-9-21-22-19(13-30(21)25(16)34)20(14-32)23(31(22)26(35)17-6-4-7-17)24(33)27-11-10-18-12-29(2)15-28-18/h3,5,8-9,12,15,17,19-20,22-23,32H,4,6-7,10-11,13-14H2,1-2H3,(H,27,33)/t19-,20-,22+,23-/m0/s1. The quantitative estimate of drug-likeness (QED) is 0.622. The number of pyridine rings is 1. The summed E-state index contributed by atoms with van der Waals surface area (Å²) in [6, 6.07) is 2.54. The van der Waals surface area contributed by atoms with Crippen molar-refractivity contribution < 1.29 is 14.7 Å². The van der Waals surface area contributed by atoms with Gasteiger partial charge in [-0.05, 0) is 31.9 Å². The van der Waals surface area contributed by atoms with E-state index in [9.17, 15) is 19.5 Å². The molecule has 5 rings (SSSR count). The summed E-state index contributed by atoms with van der Waals surface area (Å²) in [6.45, 7) is 2.43. The fourth-order valence-electron chi connectivity index (χ4n) is 5.93. The Labute approximate surface area is 204 Å². The number of imidazole rings is 1. The third-order valence-electron chi connectivity index (χ3n) is 7.87. The van der Waals surface area contributed by atoms with Crippen molar-refractivity contribution in [1.82, 2.24) is 24.3 Å². The van der Waals surface area contributed by atoms with Gasteiger partial charge in [0.05, 0.1) is 18.1 Å². The van der Waals surface area contributed by atoms with Crippen molar-refractivity contribution in [3.63, 3.8) is 0 Å². The molecule has 0 bridgehead atoms. The van der Waals surface area contributed by atoms with Crippen molar-refractivity contribution in [3.05, 3.63) is 58.0 Å². The summed E-state index contributed by atoms with van der Waals surface area (Å²) in [5.41, 5.74) is 2.13. The lowest BCUT2D eigenvalue weighted by Crippen LogP contribution is -2.52. The van der Waals surface area contributed by atoms with Crippen molar-refractivity contribution in [1.29, 1.82) is 0 Å². The number of nitrogens with one attached hydrogen (secondary N) is 1. The number of aliphatic hydroxyl groups excluding tert-OH is 1. The van der Waals surface area contributed by atoms with Crippen LogP contribution in [-0.2, 0) is 29.6 Å². The Kier molecular flexibility index (Phi) is 6.35. The summed E-state index contributed by atoms with van der Waals surface area (Å²) in [5, 5.41) is 13.4. The first kappa shape index (κ1) is 23.5. The molecule has 9 nitrogen and oxygen atoms in total. The van der Waals surface area contributed by atoms with Gasteiger partial charge in [-0.15, -0.1) is 0 Å². The average Bonchev–Trinajstić information content (AvgIpc) is 3.47. The van der Waals surface area contributed by atoms with Crippen molar-refractivity contribution in [2.24, 2.45) is 24.8 Å². The molecule has 0 spiro atoms. The van der Waals surface area contributed by atoms with E-state index < -0.39 is 12.0 Å². The summed E-state index contributed by atoms with van der Waals surface area (Å²) >= 11 is 0. The maximum absolute atomic E-state index is 13.7. The zero-order valence-electron chi connectivity index (χ0n) is 20.3. The Morgan fingerprint density at radius 2 is 2.09 bits per heavy atom. The molecule has 3 aliphatic rings. The van der Waals surface area contributed by atoms with E-state index in [1.54, 1.807) is 27.9 Å². The number of amides is 2. The van der Waals surface area contributed by atoms with E-state index in [1.165, 1.54) is 0 Å². The van der Waals surface area contributed by atoms with Gasteiger partial charge in [-0.1, -0.05) is 18.6 Å². The number of allylic oxidation sites excluding steroid dienone is 1. The molecule has 2 N–H and O–H groups in total. The Bertz CT molecular complexity index is 1210. The number of hydrogen-bond acceptors (Lipinski definition) is 5. The van der Waals surface area contributed by atoms with Gasteiger partial charge in [-0.2, -0.15) is 0 Å². The fraction of sp³-hybridized carbons (Fsp3) is 0.538. The first-order chi connectivity index (χ1) is 16.9. The third kappa shape index (κ3) is 4.01. The topological polar surface area (TPSA) is 109 Å². The van der Waals surface area contributed by atoms with E-state index in [2.05, 4.69) is 10.3 Å². The molecule has 4 heterocycles. The van der Waals surface area contributed by atoms with Crippen LogP contribution < -0.4 is 10.9 Å². The van der Waals surface area contributed by atoms with Crippen molar-refractivity contribution >= 4 is 17.9 Å². The number of fused-ring (bicyclic) bond motifs is 3. The zero-order valence-corrected chi connectivity index (χ0v) is 20.3. The van der Waals surface area contributed by atoms with Gasteiger partial charge >= 0.3 is 0 Å². The molecule has 2 amide bonds. The normalized spacial score (nSPS) is 25.5. The molecular weight excluding hydrogens is 446 g/mol. The van der Waals surface area contributed by atoms with Crippen LogP contribution in [0, 0.1) is 17.8 Å². The van der Waals surface area contributed by atoms with E-state index in [4.69, 9.17) is 0 Å². The number of carbonyl (C=O) groups is 2. The molecule has 1 saturated carbocycles. The highest BCUT2D eigenvalue weighted by atomic mass is 16.3. The van der Waals surface area contributed by atoms with Gasteiger partial charge in [-0.3, -0.25) is 14.4 Å². The summed E-state index contributed by atoms with van der Waals surface area (Å²) in [6.07, 6.45) is 10.5. The van der Waals surface area contributed by atoms with Crippen LogP contribution in [0.5, 0.6) is 0 Å². The molecule has 0 radical (unpaired) electrons. The highest BCUT2D eigenvalue weighted by Crippen LogP contribution is 2.50. The van der Waals surface area contributed by atoms with Crippen LogP contribution in [0.3, 0.4) is 0 Å². The number of likely N-dealkylation sites (tertiary alicyclic amines) is 1. The van der Waals surface area contributed by atoms with Crippen LogP contribution in [0.25, 0.3) is 6.08 Å². The number of nitrogens with zero attached hydrogens (tertiary/aromatic N) is 4. The molecule has 2 aromatic rings. The highest BCUT2D eigenvalue weighted by Gasteiger charge is 2.58. The number of aromatic nitrogens is 3. The Hall–Kier alpha value is -3.20. The minimum absolute atomic E-state index is 0.0366. The lowest BCUT2D eigenvalue weighted by Gasteiger charge is -2.36. The molecule has 35 heavy (non-hydrogen) atoms. The number of carbonyl (C=O) groups excluding carboxylic acids is 2. The van der Waals surface area contributed by atoms with E-state index >= 15 is 0 Å². The maximum Gasteiger partial charge on any atom is 0.258 e. The molecule has 1 aliphatic carbocycles. The Morgan fingerprint density at radius 3 is 2.71 bits per heavy atom. The minimum atomic E-state index is -0.758. The smallest absolute Gasteiger partial charge is 0.258 e.